The van der Waals surface area contributed by atoms with Crippen molar-refractivity contribution in [3.05, 3.63) is 90.3 Å². The molecular formula is C32H24F2N4O5S. The summed E-state index contributed by atoms with van der Waals surface area (Å²) in [7, 11) is -0.813. The van der Waals surface area contributed by atoms with Crippen molar-refractivity contribution in [2.45, 2.75) is 6.73 Å². The molecule has 0 bridgehead atoms. The average Bonchev–Trinajstić information content (AvgIpc) is 3.59. The Morgan fingerprint density at radius 3 is 2.45 bits per heavy atom. The second-order valence-corrected chi connectivity index (χ2v) is 12.5. The van der Waals surface area contributed by atoms with Gasteiger partial charge in [-0.05, 0) is 54.1 Å². The number of rotatable bonds is 5. The van der Waals surface area contributed by atoms with Gasteiger partial charge < -0.3 is 19.0 Å². The number of benzene rings is 3. The molecule has 0 saturated heterocycles. The van der Waals surface area contributed by atoms with Gasteiger partial charge in [-0.15, -0.1) is 0 Å². The van der Waals surface area contributed by atoms with Gasteiger partial charge in [0.15, 0.2) is 12.5 Å². The summed E-state index contributed by atoms with van der Waals surface area (Å²) in [6.45, 7) is 0.168. The van der Waals surface area contributed by atoms with Crippen LogP contribution in [0, 0.1) is 11.6 Å². The first-order valence-electron chi connectivity index (χ1n) is 13.5. The minimum Gasteiger partial charge on any atom is -0.472 e. The molecule has 44 heavy (non-hydrogen) atoms. The number of halogens is 2. The first-order valence-corrected chi connectivity index (χ1v) is 15.3. The zero-order chi connectivity index (χ0) is 30.9. The van der Waals surface area contributed by atoms with Crippen LogP contribution >= 0.6 is 0 Å². The van der Waals surface area contributed by atoms with Crippen molar-refractivity contribution in [1.82, 2.24) is 14.9 Å². The van der Waals surface area contributed by atoms with Crippen LogP contribution < -0.4 is 14.4 Å². The average molecular weight is 615 g/mol. The van der Waals surface area contributed by atoms with Gasteiger partial charge in [-0.3, -0.25) is 14.1 Å². The molecule has 222 valence electrons. The lowest BCUT2D eigenvalue weighted by molar-refractivity contribution is 0.0964. The molecule has 4 heterocycles. The van der Waals surface area contributed by atoms with Crippen LogP contribution in [0.15, 0.2) is 77.5 Å². The summed E-state index contributed by atoms with van der Waals surface area (Å²) in [5.41, 5.74) is 4.32. The maximum absolute atomic E-state index is 14.6. The first-order chi connectivity index (χ1) is 21.0. The zero-order valence-electron chi connectivity index (χ0n) is 23.7. The highest BCUT2D eigenvalue weighted by molar-refractivity contribution is 7.92. The van der Waals surface area contributed by atoms with Crippen LogP contribution in [0.5, 0.6) is 5.75 Å². The van der Waals surface area contributed by atoms with E-state index >= 15 is 0 Å². The fraction of sp³-hybridized carbons (Fsp3) is 0.125. The number of carbonyl (C=O) groups excluding carboxylic acids is 1. The van der Waals surface area contributed by atoms with E-state index < -0.39 is 27.6 Å². The number of anilines is 1. The summed E-state index contributed by atoms with van der Waals surface area (Å²) in [5, 5.41) is 3.47. The quantitative estimate of drug-likeness (QED) is 0.249. The van der Waals surface area contributed by atoms with E-state index in [0.29, 0.717) is 55.7 Å². The molecule has 0 spiro atoms. The third-order valence-electron chi connectivity index (χ3n) is 7.90. The number of pyridine rings is 1. The van der Waals surface area contributed by atoms with E-state index in [4.69, 9.17) is 9.15 Å². The largest absolute Gasteiger partial charge is 0.472 e. The van der Waals surface area contributed by atoms with Crippen molar-refractivity contribution < 1.29 is 31.1 Å². The maximum Gasteiger partial charge on any atom is 0.255 e. The number of carbonyl (C=O) groups is 1. The predicted molar refractivity (Wildman–Crippen MR) is 163 cm³/mol. The van der Waals surface area contributed by atoms with Crippen LogP contribution in [0.3, 0.4) is 0 Å². The molecule has 3 aromatic heterocycles. The van der Waals surface area contributed by atoms with Crippen LogP contribution in [0.25, 0.3) is 55.6 Å². The lowest BCUT2D eigenvalue weighted by atomic mass is 9.96. The van der Waals surface area contributed by atoms with Gasteiger partial charge in [0.1, 0.15) is 22.9 Å². The van der Waals surface area contributed by atoms with E-state index in [1.807, 2.05) is 10.6 Å². The molecule has 7 rings (SSSR count). The molecule has 0 fully saturated rings. The number of fused-ring (bicyclic) bond motifs is 6. The lowest BCUT2D eigenvalue weighted by Gasteiger charge is -2.24. The summed E-state index contributed by atoms with van der Waals surface area (Å²) in [6.07, 6.45) is 3.82. The van der Waals surface area contributed by atoms with Gasteiger partial charge in [-0.1, -0.05) is 6.07 Å². The number of nitrogens with zero attached hydrogens (tertiary/aromatic N) is 3. The maximum atomic E-state index is 14.6. The number of sulfonamides is 1. The summed E-state index contributed by atoms with van der Waals surface area (Å²) in [5.74, 6) is -0.548. The summed E-state index contributed by atoms with van der Waals surface area (Å²) < 4.78 is 69.0. The van der Waals surface area contributed by atoms with Crippen LogP contribution in [0.2, 0.25) is 0 Å². The molecule has 0 unspecified atom stereocenters. The molecule has 1 aliphatic rings. The Balaban J connectivity index is 1.50. The number of amides is 1. The SMILES string of the molecule is CNC(=O)c1c(-c2ccc(F)cc2)oc2cc(N(C)S(C)(=O)=O)c(-c3ccc4c(c3)-c3cc5c(F)cncc5n3CO4)cc12. The molecule has 1 amide bonds. The summed E-state index contributed by atoms with van der Waals surface area (Å²) in [4.78, 5) is 17.2. The Bertz CT molecular complexity index is 2260. The highest BCUT2D eigenvalue weighted by atomic mass is 32.2. The molecule has 0 atom stereocenters. The fourth-order valence-corrected chi connectivity index (χ4v) is 6.12. The molecule has 1 N–H and O–H groups in total. The smallest absolute Gasteiger partial charge is 0.255 e. The molecule has 0 radical (unpaired) electrons. The number of nitrogens with one attached hydrogen (secondary N) is 1. The minimum atomic E-state index is -3.73. The van der Waals surface area contributed by atoms with E-state index in [-0.39, 0.29) is 23.6 Å². The van der Waals surface area contributed by atoms with Gasteiger partial charge in [-0.2, -0.15) is 0 Å². The number of hydrogen-bond donors (Lipinski definition) is 1. The summed E-state index contributed by atoms with van der Waals surface area (Å²) in [6, 6.07) is 16.0. The Kier molecular flexibility index (Phi) is 6.22. The van der Waals surface area contributed by atoms with Gasteiger partial charge in [0.05, 0.1) is 41.1 Å². The van der Waals surface area contributed by atoms with Crippen molar-refractivity contribution in [2.75, 3.05) is 24.7 Å². The minimum absolute atomic E-state index is 0.168. The van der Waals surface area contributed by atoms with Crippen molar-refractivity contribution in [3.63, 3.8) is 0 Å². The third-order valence-corrected chi connectivity index (χ3v) is 9.09. The van der Waals surface area contributed by atoms with Crippen molar-refractivity contribution in [1.29, 1.82) is 0 Å². The predicted octanol–water partition coefficient (Wildman–Crippen LogP) is 6.17. The van der Waals surface area contributed by atoms with Gasteiger partial charge >= 0.3 is 0 Å². The Hall–Kier alpha value is -5.23. The van der Waals surface area contributed by atoms with Crippen LogP contribution in [0.1, 0.15) is 10.4 Å². The van der Waals surface area contributed by atoms with Crippen molar-refractivity contribution in [2.24, 2.45) is 0 Å². The first kappa shape index (κ1) is 27.6. The summed E-state index contributed by atoms with van der Waals surface area (Å²) >= 11 is 0. The zero-order valence-corrected chi connectivity index (χ0v) is 24.5. The Labute approximate surface area is 250 Å². The number of furan rings is 1. The highest BCUT2D eigenvalue weighted by Gasteiger charge is 2.27. The number of aromatic nitrogens is 2. The van der Waals surface area contributed by atoms with Crippen LogP contribution in [-0.2, 0) is 16.8 Å². The molecule has 0 saturated carbocycles. The molecule has 9 nitrogen and oxygen atoms in total. The highest BCUT2D eigenvalue weighted by Crippen LogP contribution is 2.45. The molecule has 1 aliphatic heterocycles. The number of ether oxygens (including phenoxy) is 1. The van der Waals surface area contributed by atoms with E-state index in [0.717, 1.165) is 16.8 Å². The third kappa shape index (κ3) is 4.29. The van der Waals surface area contributed by atoms with Crippen LogP contribution in [0.4, 0.5) is 14.5 Å². The van der Waals surface area contributed by atoms with Gasteiger partial charge in [0.25, 0.3) is 5.91 Å². The fourth-order valence-electron chi connectivity index (χ4n) is 5.61. The number of hydrogen-bond acceptors (Lipinski definition) is 6. The molecule has 12 heteroatoms. The second-order valence-electron chi connectivity index (χ2n) is 10.5. The van der Waals surface area contributed by atoms with E-state index in [2.05, 4.69) is 10.3 Å². The molecule has 0 aliphatic carbocycles. The van der Waals surface area contributed by atoms with E-state index in [1.54, 1.807) is 36.5 Å². The van der Waals surface area contributed by atoms with Crippen molar-refractivity contribution >= 4 is 43.5 Å². The monoisotopic (exact) mass is 614 g/mol. The molecule has 3 aromatic carbocycles. The Morgan fingerprint density at radius 2 is 1.73 bits per heavy atom. The van der Waals surface area contributed by atoms with Gasteiger partial charge in [-0.25, -0.2) is 17.2 Å². The standard InChI is InChI=1S/C32H24F2N4O5S/c1-35-32(39)30-23-11-20(25(37(2)44(3,40)41)13-29(23)43-31(30)17-4-7-19(33)8-5-17)18-6-9-28-22(10-18)26-12-21-24(34)14-36-15-27(21)38(26)16-42-28/h4-15H,16H2,1-3H3,(H,35,39). The lowest BCUT2D eigenvalue weighted by Crippen LogP contribution is -2.25. The van der Waals surface area contributed by atoms with Crippen molar-refractivity contribution in [3.8, 4) is 39.5 Å². The van der Waals surface area contributed by atoms with Gasteiger partial charge in [0, 0.05) is 47.6 Å². The Morgan fingerprint density at radius 1 is 0.977 bits per heavy atom. The normalized spacial score (nSPS) is 12.6. The second kappa shape index (κ2) is 9.91. The van der Waals surface area contributed by atoms with E-state index in [9.17, 15) is 22.0 Å². The topological polar surface area (TPSA) is 107 Å². The van der Waals surface area contributed by atoms with Crippen LogP contribution in [-0.4, -0.2) is 44.2 Å². The van der Waals surface area contributed by atoms with Gasteiger partial charge in [0.2, 0.25) is 10.0 Å². The molecule has 6 aromatic rings. The van der Waals surface area contributed by atoms with E-state index in [1.165, 1.54) is 38.4 Å². The molecular weight excluding hydrogens is 590 g/mol.